The number of amides is 1. The highest BCUT2D eigenvalue weighted by Gasteiger charge is 2.33. The monoisotopic (exact) mass is 582 g/mol. The van der Waals surface area contributed by atoms with Crippen molar-refractivity contribution in [2.75, 3.05) is 6.54 Å². The van der Waals surface area contributed by atoms with Gasteiger partial charge in [-0.25, -0.2) is 13.2 Å². The number of nitrogens with zero attached hydrogens (tertiary/aromatic N) is 1. The molecule has 1 heterocycles. The Labute approximate surface area is 244 Å². The number of aryl methyl sites for hydroxylation is 1. The average molecular weight is 583 g/mol. The van der Waals surface area contributed by atoms with Gasteiger partial charge in [0.25, 0.3) is 0 Å². The molecule has 1 aromatic heterocycles. The van der Waals surface area contributed by atoms with Crippen LogP contribution in [0.25, 0.3) is 11.0 Å². The van der Waals surface area contributed by atoms with Gasteiger partial charge in [0.1, 0.15) is 5.58 Å². The van der Waals surface area contributed by atoms with E-state index in [9.17, 15) is 23.1 Å². The molecule has 5 aromatic rings. The highest BCUT2D eigenvalue weighted by molar-refractivity contribution is 7.89. The fourth-order valence-electron chi connectivity index (χ4n) is 5.12. The Morgan fingerprint density at radius 1 is 0.881 bits per heavy atom. The van der Waals surface area contributed by atoms with Gasteiger partial charge in [0.15, 0.2) is 0 Å². The normalized spacial score (nSPS) is 12.4. The van der Waals surface area contributed by atoms with Crippen LogP contribution in [0.2, 0.25) is 0 Å². The Kier molecular flexibility index (Phi) is 8.24. The molecule has 214 valence electrons. The van der Waals surface area contributed by atoms with E-state index in [1.54, 1.807) is 31.2 Å². The molecule has 0 saturated carbocycles. The van der Waals surface area contributed by atoms with Crippen molar-refractivity contribution < 1.29 is 27.5 Å². The summed E-state index contributed by atoms with van der Waals surface area (Å²) in [5, 5.41) is 9.93. The maximum atomic E-state index is 14.5. The lowest BCUT2D eigenvalue weighted by atomic mass is 9.97. The quantitative estimate of drug-likeness (QED) is 0.204. The second-order valence-electron chi connectivity index (χ2n) is 10.1. The van der Waals surface area contributed by atoms with Crippen LogP contribution in [0.1, 0.15) is 49.2 Å². The third kappa shape index (κ3) is 5.97. The van der Waals surface area contributed by atoms with E-state index < -0.39 is 27.9 Å². The van der Waals surface area contributed by atoms with Gasteiger partial charge in [0.2, 0.25) is 21.7 Å². The Bertz CT molecular complexity index is 1830. The second kappa shape index (κ2) is 12.0. The summed E-state index contributed by atoms with van der Waals surface area (Å²) in [6.07, 6.45) is 0.813. The standard InChI is InChI=1S/C33H30N2O6S/c1-22-28-21-27(16-17-30(28)41-31(22)33(37)38)42(39,40)35(19-18-23-8-4-2-5-9-23)29(25-10-6-3-7-11-25)20-24-12-14-26(15-13-24)32(34)36/h2-17,21,29H,18-20H2,1H3,(H2,34,36)(H,37,38). The molecule has 42 heavy (non-hydrogen) atoms. The smallest absolute Gasteiger partial charge is 0.372 e. The van der Waals surface area contributed by atoms with Gasteiger partial charge >= 0.3 is 5.97 Å². The van der Waals surface area contributed by atoms with Gasteiger partial charge in [-0.05, 0) is 66.8 Å². The molecule has 8 nitrogen and oxygen atoms in total. The molecule has 1 atom stereocenters. The zero-order valence-electron chi connectivity index (χ0n) is 22.9. The van der Waals surface area contributed by atoms with Crippen molar-refractivity contribution in [3.8, 4) is 0 Å². The molecule has 0 aliphatic rings. The fourth-order valence-corrected chi connectivity index (χ4v) is 6.76. The van der Waals surface area contributed by atoms with Crippen LogP contribution in [0, 0.1) is 6.92 Å². The summed E-state index contributed by atoms with van der Waals surface area (Å²) in [5.74, 6) is -1.98. The van der Waals surface area contributed by atoms with Gasteiger partial charge < -0.3 is 15.3 Å². The molecule has 4 aromatic carbocycles. The molecule has 1 unspecified atom stereocenters. The molecular formula is C33H30N2O6S. The van der Waals surface area contributed by atoms with Crippen LogP contribution < -0.4 is 5.73 Å². The van der Waals surface area contributed by atoms with Crippen LogP contribution in [0.3, 0.4) is 0 Å². The van der Waals surface area contributed by atoms with Crippen molar-refractivity contribution in [2.45, 2.75) is 30.7 Å². The molecule has 0 aliphatic carbocycles. The number of hydrogen-bond donors (Lipinski definition) is 2. The summed E-state index contributed by atoms with van der Waals surface area (Å²) in [4.78, 5) is 23.3. The molecule has 1 amide bonds. The predicted molar refractivity (Wildman–Crippen MR) is 160 cm³/mol. The molecule has 0 spiro atoms. The Balaban J connectivity index is 1.61. The number of carbonyl (C=O) groups excluding carboxylic acids is 1. The summed E-state index contributed by atoms with van der Waals surface area (Å²) < 4.78 is 36.0. The predicted octanol–water partition coefficient (Wildman–Crippen LogP) is 5.76. The summed E-state index contributed by atoms with van der Waals surface area (Å²) in [5.41, 5.74) is 9.08. The minimum atomic E-state index is -4.11. The van der Waals surface area contributed by atoms with Crippen LogP contribution in [-0.2, 0) is 22.9 Å². The Morgan fingerprint density at radius 2 is 1.52 bits per heavy atom. The number of carboxylic acids is 1. The van der Waals surface area contributed by atoms with Crippen molar-refractivity contribution in [3.05, 3.63) is 137 Å². The van der Waals surface area contributed by atoms with Crippen molar-refractivity contribution >= 4 is 32.9 Å². The first kappa shape index (κ1) is 28.8. The van der Waals surface area contributed by atoms with Gasteiger partial charge in [0, 0.05) is 23.1 Å². The highest BCUT2D eigenvalue weighted by Crippen LogP contribution is 2.34. The van der Waals surface area contributed by atoms with E-state index in [0.717, 1.165) is 16.7 Å². The number of primary amides is 1. The number of carboxylic acid groups (broad SMARTS) is 1. The number of furan rings is 1. The maximum absolute atomic E-state index is 14.5. The number of fused-ring (bicyclic) bond motifs is 1. The van der Waals surface area contributed by atoms with Gasteiger partial charge in [-0.15, -0.1) is 0 Å². The maximum Gasteiger partial charge on any atom is 0.372 e. The zero-order chi connectivity index (χ0) is 29.9. The zero-order valence-corrected chi connectivity index (χ0v) is 23.8. The van der Waals surface area contributed by atoms with E-state index in [2.05, 4.69) is 0 Å². The number of benzene rings is 4. The Morgan fingerprint density at radius 3 is 2.14 bits per heavy atom. The summed E-state index contributed by atoms with van der Waals surface area (Å²) in [6.45, 7) is 1.79. The van der Waals surface area contributed by atoms with E-state index in [4.69, 9.17) is 10.2 Å². The van der Waals surface area contributed by atoms with Crippen LogP contribution in [0.15, 0.2) is 112 Å². The molecule has 5 rings (SSSR count). The molecule has 0 fully saturated rings. The third-order valence-corrected chi connectivity index (χ3v) is 9.28. The summed E-state index contributed by atoms with van der Waals surface area (Å²) in [7, 11) is -4.11. The molecule has 0 aliphatic heterocycles. The van der Waals surface area contributed by atoms with Crippen molar-refractivity contribution in [1.82, 2.24) is 4.31 Å². The lowest BCUT2D eigenvalue weighted by Gasteiger charge is -2.32. The molecule has 9 heteroatoms. The molecule has 0 radical (unpaired) electrons. The first-order valence-corrected chi connectivity index (χ1v) is 14.8. The van der Waals surface area contributed by atoms with Crippen LogP contribution >= 0.6 is 0 Å². The molecule has 3 N–H and O–H groups in total. The summed E-state index contributed by atoms with van der Waals surface area (Å²) in [6, 6.07) is 29.8. The lowest BCUT2D eigenvalue weighted by Crippen LogP contribution is -2.37. The second-order valence-corrected chi connectivity index (χ2v) is 12.0. The van der Waals surface area contributed by atoms with E-state index in [0.29, 0.717) is 34.9 Å². The third-order valence-electron chi connectivity index (χ3n) is 7.37. The van der Waals surface area contributed by atoms with Gasteiger partial charge in [0.05, 0.1) is 10.9 Å². The lowest BCUT2D eigenvalue weighted by molar-refractivity contribution is 0.0663. The van der Waals surface area contributed by atoms with E-state index >= 15 is 0 Å². The average Bonchev–Trinajstić information content (AvgIpc) is 3.33. The van der Waals surface area contributed by atoms with Crippen LogP contribution in [0.4, 0.5) is 0 Å². The number of rotatable bonds is 11. The number of aromatic carboxylic acids is 1. The van der Waals surface area contributed by atoms with Gasteiger partial charge in [-0.2, -0.15) is 4.31 Å². The SMILES string of the molecule is Cc1c(C(=O)O)oc2ccc(S(=O)(=O)N(CCc3ccccc3)C(Cc3ccc(C(N)=O)cc3)c3ccccc3)cc12. The summed E-state index contributed by atoms with van der Waals surface area (Å²) >= 11 is 0. The van der Waals surface area contributed by atoms with E-state index in [1.165, 1.54) is 22.5 Å². The van der Waals surface area contributed by atoms with E-state index in [1.807, 2.05) is 60.7 Å². The number of sulfonamides is 1. The van der Waals surface area contributed by atoms with E-state index in [-0.39, 0.29) is 17.2 Å². The Hall–Kier alpha value is -4.73. The fraction of sp³-hybridized carbons (Fsp3) is 0.152. The minimum Gasteiger partial charge on any atom is -0.475 e. The highest BCUT2D eigenvalue weighted by atomic mass is 32.2. The van der Waals surface area contributed by atoms with Gasteiger partial charge in [-0.1, -0.05) is 72.8 Å². The van der Waals surface area contributed by atoms with Crippen LogP contribution in [0.5, 0.6) is 0 Å². The minimum absolute atomic E-state index is 0.0360. The first-order valence-electron chi connectivity index (χ1n) is 13.4. The largest absolute Gasteiger partial charge is 0.475 e. The molecule has 0 bridgehead atoms. The molecule has 0 saturated heterocycles. The molecular weight excluding hydrogens is 552 g/mol. The number of hydrogen-bond acceptors (Lipinski definition) is 5. The van der Waals surface area contributed by atoms with Gasteiger partial charge in [-0.3, -0.25) is 4.79 Å². The van der Waals surface area contributed by atoms with Crippen molar-refractivity contribution in [3.63, 3.8) is 0 Å². The number of nitrogens with two attached hydrogens (primary N) is 1. The van der Waals surface area contributed by atoms with Crippen molar-refractivity contribution in [2.24, 2.45) is 5.73 Å². The first-order chi connectivity index (χ1) is 20.1. The topological polar surface area (TPSA) is 131 Å². The van der Waals surface area contributed by atoms with Crippen molar-refractivity contribution in [1.29, 1.82) is 0 Å². The number of carbonyl (C=O) groups is 2. The van der Waals surface area contributed by atoms with Crippen LogP contribution in [-0.4, -0.2) is 36.3 Å².